The number of aromatic nitrogens is 1. The Morgan fingerprint density at radius 3 is 2.65 bits per heavy atom. The molecule has 0 radical (unpaired) electrons. The maximum absolute atomic E-state index is 11.9. The first-order valence-corrected chi connectivity index (χ1v) is 5.45. The van der Waals surface area contributed by atoms with Gasteiger partial charge in [-0.15, -0.1) is 0 Å². The van der Waals surface area contributed by atoms with E-state index in [0.29, 0.717) is 17.7 Å². The number of carboxylic acids is 1. The number of carbonyl (C=O) groups is 2. The minimum absolute atomic E-state index is 0.233. The fourth-order valence-electron chi connectivity index (χ4n) is 1.35. The Labute approximate surface area is 104 Å². The number of likely N-dealkylation sites (N-methyl/N-ethyl adjacent to an activating group) is 1. The average Bonchev–Trinajstić information content (AvgIpc) is 2.26. The zero-order valence-corrected chi connectivity index (χ0v) is 10.4. The molecule has 1 aromatic heterocycles. The van der Waals surface area contributed by atoms with Gasteiger partial charge in [-0.1, -0.05) is 18.5 Å². The van der Waals surface area contributed by atoms with Crippen molar-refractivity contribution in [3.63, 3.8) is 0 Å². The van der Waals surface area contributed by atoms with E-state index in [1.165, 1.54) is 13.1 Å². The first kappa shape index (κ1) is 13.4. The summed E-state index contributed by atoms with van der Waals surface area (Å²) in [6.45, 7) is 1.55. The zero-order valence-electron chi connectivity index (χ0n) is 9.61. The van der Waals surface area contributed by atoms with Gasteiger partial charge in [0.25, 0.3) is 5.91 Å². The van der Waals surface area contributed by atoms with Crippen molar-refractivity contribution in [1.82, 2.24) is 9.88 Å². The topological polar surface area (TPSA) is 70.5 Å². The van der Waals surface area contributed by atoms with Gasteiger partial charge in [0.1, 0.15) is 11.7 Å². The summed E-state index contributed by atoms with van der Waals surface area (Å²) in [5, 5.41) is 8.84. The van der Waals surface area contributed by atoms with E-state index in [1.54, 1.807) is 6.07 Å². The molecule has 0 aromatic carbocycles. The molecule has 0 saturated carbocycles. The highest BCUT2D eigenvalue weighted by molar-refractivity contribution is 6.29. The van der Waals surface area contributed by atoms with Crippen LogP contribution in [0.4, 0.5) is 0 Å². The third kappa shape index (κ3) is 3.71. The summed E-state index contributed by atoms with van der Waals surface area (Å²) in [5.74, 6) is -1.44. The van der Waals surface area contributed by atoms with E-state index < -0.39 is 5.97 Å². The van der Waals surface area contributed by atoms with Crippen molar-refractivity contribution in [3.05, 3.63) is 28.5 Å². The molecule has 0 saturated heterocycles. The van der Waals surface area contributed by atoms with Gasteiger partial charge in [-0.3, -0.25) is 9.59 Å². The molecule has 0 spiro atoms. The maximum Gasteiger partial charge on any atom is 0.323 e. The molecule has 0 bridgehead atoms. The van der Waals surface area contributed by atoms with Gasteiger partial charge >= 0.3 is 5.97 Å². The maximum atomic E-state index is 11.9. The number of pyridine rings is 1. The summed E-state index contributed by atoms with van der Waals surface area (Å²) in [7, 11) is 1.43. The molecule has 1 rings (SSSR count). The van der Waals surface area contributed by atoms with Gasteiger partial charge in [0.15, 0.2) is 0 Å². The van der Waals surface area contributed by atoms with Gasteiger partial charge in [-0.2, -0.15) is 0 Å². The minimum Gasteiger partial charge on any atom is -0.480 e. The monoisotopic (exact) mass is 256 g/mol. The number of carbonyl (C=O) groups excluding carboxylic acids is 1. The first-order chi connectivity index (χ1) is 7.93. The van der Waals surface area contributed by atoms with Crippen molar-refractivity contribution in [2.45, 2.75) is 13.3 Å². The third-order valence-electron chi connectivity index (χ3n) is 2.18. The van der Waals surface area contributed by atoms with Crippen molar-refractivity contribution >= 4 is 23.5 Å². The van der Waals surface area contributed by atoms with E-state index >= 15 is 0 Å². The molecule has 0 unspecified atom stereocenters. The number of hydrogen-bond acceptors (Lipinski definition) is 3. The van der Waals surface area contributed by atoms with Crippen molar-refractivity contribution in [2.75, 3.05) is 13.6 Å². The van der Waals surface area contributed by atoms with Gasteiger partial charge in [0.2, 0.25) is 0 Å². The molecule has 0 atom stereocenters. The lowest BCUT2D eigenvalue weighted by Gasteiger charge is -2.15. The Kier molecular flexibility index (Phi) is 4.45. The Balaban J connectivity index is 2.95. The SMILES string of the molecule is CCc1cc(C(=O)N(C)CC(=O)O)cc(Cl)n1. The van der Waals surface area contributed by atoms with Crippen LogP contribution in [0.1, 0.15) is 23.0 Å². The number of rotatable bonds is 4. The molecule has 0 aliphatic rings. The zero-order chi connectivity index (χ0) is 13.0. The highest BCUT2D eigenvalue weighted by Crippen LogP contribution is 2.13. The molecule has 6 heteroatoms. The lowest BCUT2D eigenvalue weighted by molar-refractivity contribution is -0.137. The molecule has 17 heavy (non-hydrogen) atoms. The second-order valence-electron chi connectivity index (χ2n) is 3.58. The molecule has 1 amide bonds. The van der Waals surface area contributed by atoms with Crippen LogP contribution in [0, 0.1) is 0 Å². The fraction of sp³-hybridized carbons (Fsp3) is 0.364. The molecule has 1 heterocycles. The number of carboxylic acid groups (broad SMARTS) is 1. The summed E-state index contributed by atoms with van der Waals surface area (Å²) in [6, 6.07) is 3.05. The third-order valence-corrected chi connectivity index (χ3v) is 2.37. The van der Waals surface area contributed by atoms with E-state index in [9.17, 15) is 9.59 Å². The Bertz CT molecular complexity index is 448. The summed E-state index contributed by atoms with van der Waals surface area (Å²) < 4.78 is 0. The Morgan fingerprint density at radius 1 is 1.47 bits per heavy atom. The highest BCUT2D eigenvalue weighted by atomic mass is 35.5. The summed E-state index contributed by atoms with van der Waals surface area (Å²) >= 11 is 5.79. The smallest absolute Gasteiger partial charge is 0.323 e. The van der Waals surface area contributed by atoms with E-state index in [2.05, 4.69) is 4.98 Å². The van der Waals surface area contributed by atoms with Gasteiger partial charge < -0.3 is 10.0 Å². The highest BCUT2D eigenvalue weighted by Gasteiger charge is 2.15. The van der Waals surface area contributed by atoms with Crippen LogP contribution in [0.3, 0.4) is 0 Å². The molecule has 92 valence electrons. The van der Waals surface area contributed by atoms with E-state index in [4.69, 9.17) is 16.7 Å². The van der Waals surface area contributed by atoms with Crippen molar-refractivity contribution in [2.24, 2.45) is 0 Å². The standard InChI is InChI=1S/C11H13ClN2O3/c1-3-8-4-7(5-9(12)13-8)11(17)14(2)6-10(15)16/h4-5H,3,6H2,1-2H3,(H,15,16). The molecule has 5 nitrogen and oxygen atoms in total. The van der Waals surface area contributed by atoms with Crippen molar-refractivity contribution in [1.29, 1.82) is 0 Å². The van der Waals surface area contributed by atoms with Crippen molar-refractivity contribution in [3.8, 4) is 0 Å². The van der Waals surface area contributed by atoms with E-state index in [1.807, 2.05) is 6.92 Å². The summed E-state index contributed by atoms with van der Waals surface area (Å²) in [6.07, 6.45) is 0.656. The molecule has 1 aromatic rings. The number of aryl methyl sites for hydroxylation is 1. The predicted molar refractivity (Wildman–Crippen MR) is 63.2 cm³/mol. The lowest BCUT2D eigenvalue weighted by atomic mass is 10.2. The number of aliphatic carboxylic acids is 1. The van der Waals surface area contributed by atoms with Crippen LogP contribution in [0.25, 0.3) is 0 Å². The normalized spacial score (nSPS) is 10.1. The van der Waals surface area contributed by atoms with Gasteiger partial charge in [-0.05, 0) is 18.6 Å². The van der Waals surface area contributed by atoms with Crippen LogP contribution in [-0.4, -0.2) is 40.5 Å². The number of amides is 1. The molecular formula is C11H13ClN2O3. The van der Waals surface area contributed by atoms with Gasteiger partial charge in [-0.25, -0.2) is 4.98 Å². The van der Waals surface area contributed by atoms with Crippen molar-refractivity contribution < 1.29 is 14.7 Å². The quantitative estimate of drug-likeness (QED) is 0.828. The fourth-order valence-corrected chi connectivity index (χ4v) is 1.58. The van der Waals surface area contributed by atoms with Gasteiger partial charge in [0, 0.05) is 18.3 Å². The first-order valence-electron chi connectivity index (χ1n) is 5.07. The predicted octanol–water partition coefficient (Wildman–Crippen LogP) is 1.45. The Hall–Kier alpha value is -1.62. The average molecular weight is 257 g/mol. The second-order valence-corrected chi connectivity index (χ2v) is 3.97. The lowest BCUT2D eigenvalue weighted by Crippen LogP contribution is -2.32. The summed E-state index contributed by atoms with van der Waals surface area (Å²) in [5.41, 5.74) is 1.05. The summed E-state index contributed by atoms with van der Waals surface area (Å²) in [4.78, 5) is 27.5. The van der Waals surface area contributed by atoms with Crippen LogP contribution in [0.5, 0.6) is 0 Å². The Morgan fingerprint density at radius 2 is 2.12 bits per heavy atom. The molecule has 0 aliphatic carbocycles. The van der Waals surface area contributed by atoms with Gasteiger partial charge in [0.05, 0.1) is 0 Å². The van der Waals surface area contributed by atoms with Crippen LogP contribution >= 0.6 is 11.6 Å². The van der Waals surface area contributed by atoms with Crippen LogP contribution in [0.2, 0.25) is 5.15 Å². The molecule has 1 N–H and O–H groups in total. The van der Waals surface area contributed by atoms with Crippen LogP contribution in [-0.2, 0) is 11.2 Å². The van der Waals surface area contributed by atoms with Crippen LogP contribution < -0.4 is 0 Å². The molecule has 0 fully saturated rings. The van der Waals surface area contributed by atoms with Crippen LogP contribution in [0.15, 0.2) is 12.1 Å². The van der Waals surface area contributed by atoms with E-state index in [-0.39, 0.29) is 17.6 Å². The molecule has 0 aliphatic heterocycles. The van der Waals surface area contributed by atoms with E-state index in [0.717, 1.165) is 4.90 Å². The number of hydrogen-bond donors (Lipinski definition) is 1. The minimum atomic E-state index is -1.06. The number of halogens is 1. The second kappa shape index (κ2) is 5.63. The molecular weight excluding hydrogens is 244 g/mol. The number of nitrogens with zero attached hydrogens (tertiary/aromatic N) is 2. The largest absolute Gasteiger partial charge is 0.480 e.